The quantitative estimate of drug-likeness (QED) is 0.833. The van der Waals surface area contributed by atoms with Crippen LogP contribution in [-0.2, 0) is 10.2 Å². The van der Waals surface area contributed by atoms with Crippen LogP contribution >= 0.6 is 27.5 Å². The molecule has 0 unspecified atom stereocenters. The molecule has 3 rings (SSSR count). The molecule has 2 N–H and O–H groups in total. The SMILES string of the molecule is CC1(C)C(=O)N(c2cccc(Cl)c2C(N)=O)c2cc(Br)ccc21. The lowest BCUT2D eigenvalue weighted by molar-refractivity contribution is -0.121. The van der Waals surface area contributed by atoms with Crippen molar-refractivity contribution >= 4 is 50.7 Å². The molecule has 0 bridgehead atoms. The highest BCUT2D eigenvalue weighted by Crippen LogP contribution is 2.47. The topological polar surface area (TPSA) is 63.4 Å². The Labute approximate surface area is 147 Å². The number of primary amides is 1. The molecule has 1 heterocycles. The van der Waals surface area contributed by atoms with Crippen LogP contribution in [0.15, 0.2) is 40.9 Å². The van der Waals surface area contributed by atoms with Crippen LogP contribution in [-0.4, -0.2) is 11.8 Å². The van der Waals surface area contributed by atoms with Crippen molar-refractivity contribution in [2.24, 2.45) is 5.73 Å². The Morgan fingerprint density at radius 3 is 2.57 bits per heavy atom. The summed E-state index contributed by atoms with van der Waals surface area (Å²) in [5, 5.41) is 0.226. The van der Waals surface area contributed by atoms with Gasteiger partial charge in [-0.25, -0.2) is 0 Å². The molecule has 118 valence electrons. The van der Waals surface area contributed by atoms with Gasteiger partial charge in [0.15, 0.2) is 0 Å². The molecule has 0 fully saturated rings. The van der Waals surface area contributed by atoms with Crippen LogP contribution in [0.5, 0.6) is 0 Å². The Bertz CT molecular complexity index is 848. The summed E-state index contributed by atoms with van der Waals surface area (Å²) in [7, 11) is 0. The van der Waals surface area contributed by atoms with Gasteiger partial charge in [0.2, 0.25) is 5.91 Å². The third-order valence-electron chi connectivity index (χ3n) is 4.09. The van der Waals surface area contributed by atoms with Crippen LogP contribution < -0.4 is 10.6 Å². The average Bonchev–Trinajstić information content (AvgIpc) is 2.65. The Kier molecular flexibility index (Phi) is 3.73. The van der Waals surface area contributed by atoms with Crippen LogP contribution in [0.2, 0.25) is 5.02 Å². The number of amides is 2. The molecular weight excluding hydrogens is 380 g/mol. The highest BCUT2D eigenvalue weighted by atomic mass is 79.9. The third-order valence-corrected chi connectivity index (χ3v) is 4.90. The number of hydrogen-bond donors (Lipinski definition) is 1. The summed E-state index contributed by atoms with van der Waals surface area (Å²) in [5.74, 6) is -0.796. The minimum Gasteiger partial charge on any atom is -0.365 e. The maximum Gasteiger partial charge on any atom is 0.252 e. The number of carbonyl (C=O) groups is 2. The van der Waals surface area contributed by atoms with Crippen LogP contribution in [0.3, 0.4) is 0 Å². The molecule has 2 aromatic rings. The molecule has 0 spiro atoms. The molecule has 1 aliphatic heterocycles. The number of benzene rings is 2. The van der Waals surface area contributed by atoms with Gasteiger partial charge in [-0.1, -0.05) is 39.7 Å². The summed E-state index contributed by atoms with van der Waals surface area (Å²) in [6, 6.07) is 10.6. The molecule has 4 nitrogen and oxygen atoms in total. The number of anilines is 2. The van der Waals surface area contributed by atoms with Gasteiger partial charge in [-0.3, -0.25) is 14.5 Å². The summed E-state index contributed by atoms with van der Waals surface area (Å²) in [4.78, 5) is 26.4. The van der Waals surface area contributed by atoms with Crippen molar-refractivity contribution in [3.63, 3.8) is 0 Å². The van der Waals surface area contributed by atoms with Crippen molar-refractivity contribution in [2.75, 3.05) is 4.90 Å². The smallest absolute Gasteiger partial charge is 0.252 e. The van der Waals surface area contributed by atoms with Crippen LogP contribution in [0.1, 0.15) is 29.8 Å². The van der Waals surface area contributed by atoms with Crippen LogP contribution in [0.25, 0.3) is 0 Å². The Morgan fingerprint density at radius 1 is 1.22 bits per heavy atom. The molecule has 0 radical (unpaired) electrons. The number of halogens is 2. The molecule has 0 saturated carbocycles. The number of carbonyl (C=O) groups excluding carboxylic acids is 2. The fourth-order valence-electron chi connectivity index (χ4n) is 2.90. The van der Waals surface area contributed by atoms with E-state index < -0.39 is 11.3 Å². The van der Waals surface area contributed by atoms with E-state index in [0.717, 1.165) is 15.7 Å². The van der Waals surface area contributed by atoms with Crippen molar-refractivity contribution in [1.82, 2.24) is 0 Å². The summed E-state index contributed by atoms with van der Waals surface area (Å²) in [6.45, 7) is 3.72. The predicted octanol–water partition coefficient (Wildman–Crippen LogP) is 4.16. The number of fused-ring (bicyclic) bond motifs is 1. The van der Waals surface area contributed by atoms with E-state index in [-0.39, 0.29) is 16.5 Å². The first-order chi connectivity index (χ1) is 10.7. The Hall–Kier alpha value is -1.85. The van der Waals surface area contributed by atoms with Gasteiger partial charge in [0.05, 0.1) is 27.4 Å². The number of rotatable bonds is 2. The first-order valence-electron chi connectivity index (χ1n) is 6.98. The molecular formula is C17H14BrClN2O2. The second kappa shape index (κ2) is 5.35. The second-order valence-electron chi connectivity index (χ2n) is 5.93. The largest absolute Gasteiger partial charge is 0.365 e. The average molecular weight is 394 g/mol. The van der Waals surface area contributed by atoms with Gasteiger partial charge >= 0.3 is 0 Å². The molecule has 1 aliphatic rings. The van der Waals surface area contributed by atoms with Crippen molar-refractivity contribution in [3.05, 3.63) is 57.0 Å². The van der Waals surface area contributed by atoms with E-state index in [2.05, 4.69) is 15.9 Å². The van der Waals surface area contributed by atoms with Crippen LogP contribution in [0.4, 0.5) is 11.4 Å². The fourth-order valence-corrected chi connectivity index (χ4v) is 3.52. The maximum absolute atomic E-state index is 13.0. The molecule has 6 heteroatoms. The lowest BCUT2D eigenvalue weighted by Crippen LogP contribution is -2.34. The van der Waals surface area contributed by atoms with Crippen molar-refractivity contribution in [2.45, 2.75) is 19.3 Å². The molecule has 23 heavy (non-hydrogen) atoms. The monoisotopic (exact) mass is 392 g/mol. The highest BCUT2D eigenvalue weighted by molar-refractivity contribution is 9.10. The molecule has 0 saturated heterocycles. The van der Waals surface area contributed by atoms with E-state index in [4.69, 9.17) is 17.3 Å². The summed E-state index contributed by atoms with van der Waals surface area (Å²) < 4.78 is 0.842. The predicted molar refractivity (Wildman–Crippen MR) is 94.3 cm³/mol. The van der Waals surface area contributed by atoms with E-state index in [1.165, 1.54) is 4.90 Å². The van der Waals surface area contributed by atoms with E-state index in [1.807, 2.05) is 32.0 Å². The minimum atomic E-state index is -0.701. The van der Waals surface area contributed by atoms with Gasteiger partial charge in [0.1, 0.15) is 0 Å². The van der Waals surface area contributed by atoms with Gasteiger partial charge in [0.25, 0.3) is 5.91 Å². The summed E-state index contributed by atoms with van der Waals surface area (Å²) in [6.07, 6.45) is 0. The number of nitrogens with two attached hydrogens (primary N) is 1. The fraction of sp³-hybridized carbons (Fsp3) is 0.176. The van der Waals surface area contributed by atoms with Gasteiger partial charge < -0.3 is 5.73 Å². The van der Waals surface area contributed by atoms with E-state index in [9.17, 15) is 9.59 Å². The first kappa shape index (κ1) is 16.0. The molecule has 0 aromatic heterocycles. The standard InChI is InChI=1S/C17H14BrClN2O2/c1-17(2)10-7-6-9(18)8-13(10)21(16(17)23)12-5-3-4-11(19)14(12)15(20)22/h3-8H,1-2H3,(H2,20,22). The second-order valence-corrected chi connectivity index (χ2v) is 7.25. The van der Waals surface area contributed by atoms with Crippen LogP contribution in [0, 0.1) is 0 Å². The number of hydrogen-bond acceptors (Lipinski definition) is 2. The Morgan fingerprint density at radius 2 is 1.91 bits per heavy atom. The van der Waals surface area contributed by atoms with E-state index in [1.54, 1.807) is 18.2 Å². The van der Waals surface area contributed by atoms with Crippen molar-refractivity contribution in [3.8, 4) is 0 Å². The molecule has 0 atom stereocenters. The lowest BCUT2D eigenvalue weighted by atomic mass is 9.86. The first-order valence-corrected chi connectivity index (χ1v) is 8.15. The van der Waals surface area contributed by atoms with Gasteiger partial charge in [-0.2, -0.15) is 0 Å². The lowest BCUT2D eigenvalue weighted by Gasteiger charge is -2.22. The zero-order valence-electron chi connectivity index (χ0n) is 12.6. The van der Waals surface area contributed by atoms with Gasteiger partial charge in [-0.05, 0) is 43.7 Å². The maximum atomic E-state index is 13.0. The highest BCUT2D eigenvalue weighted by Gasteiger charge is 2.45. The Balaban J connectivity index is 2.31. The molecule has 2 amide bonds. The van der Waals surface area contributed by atoms with Crippen molar-refractivity contribution < 1.29 is 9.59 Å². The van der Waals surface area contributed by atoms with E-state index in [0.29, 0.717) is 5.69 Å². The normalized spacial score (nSPS) is 15.7. The van der Waals surface area contributed by atoms with Gasteiger partial charge in [-0.15, -0.1) is 0 Å². The number of nitrogens with zero attached hydrogens (tertiary/aromatic N) is 1. The van der Waals surface area contributed by atoms with E-state index >= 15 is 0 Å². The molecule has 2 aromatic carbocycles. The van der Waals surface area contributed by atoms with Crippen molar-refractivity contribution in [1.29, 1.82) is 0 Å². The summed E-state index contributed by atoms with van der Waals surface area (Å²) >= 11 is 9.56. The minimum absolute atomic E-state index is 0.129. The summed E-state index contributed by atoms with van der Waals surface area (Å²) in [5.41, 5.74) is 6.93. The van der Waals surface area contributed by atoms with Gasteiger partial charge in [0, 0.05) is 4.47 Å². The zero-order valence-corrected chi connectivity index (χ0v) is 14.9. The third kappa shape index (κ3) is 2.35. The zero-order chi connectivity index (χ0) is 16.9. The molecule has 0 aliphatic carbocycles.